The molecule has 0 unspecified atom stereocenters. The Labute approximate surface area is 184 Å². The van der Waals surface area contributed by atoms with Gasteiger partial charge in [0.1, 0.15) is 11.6 Å². The molecule has 1 aliphatic heterocycles. The Morgan fingerprint density at radius 3 is 2.78 bits per heavy atom. The van der Waals surface area contributed by atoms with Crippen LogP contribution in [0.5, 0.6) is 0 Å². The van der Waals surface area contributed by atoms with Crippen molar-refractivity contribution in [3.63, 3.8) is 0 Å². The lowest BCUT2D eigenvalue weighted by atomic mass is 10.0. The fraction of sp³-hybridized carbons (Fsp3) is 0.261. The Balaban J connectivity index is 1.45. The number of rotatable bonds is 6. The van der Waals surface area contributed by atoms with E-state index < -0.39 is 17.5 Å². The molecule has 1 fully saturated rings. The maximum atomic E-state index is 14.5. The predicted octanol–water partition coefficient (Wildman–Crippen LogP) is 3.24. The number of ether oxygens (including phenoxy) is 1. The zero-order valence-corrected chi connectivity index (χ0v) is 17.6. The third kappa shape index (κ3) is 5.24. The summed E-state index contributed by atoms with van der Waals surface area (Å²) in [7, 11) is 1.81. The molecule has 4 rings (SSSR count). The first kappa shape index (κ1) is 21.8. The average molecular weight is 439 g/mol. The van der Waals surface area contributed by atoms with E-state index in [0.717, 1.165) is 23.3 Å². The summed E-state index contributed by atoms with van der Waals surface area (Å²) in [4.78, 5) is 18.4. The molecule has 1 amide bonds. The summed E-state index contributed by atoms with van der Waals surface area (Å²) in [6.07, 6.45) is 9.66. The highest BCUT2D eigenvalue weighted by molar-refractivity contribution is 6.02. The van der Waals surface area contributed by atoms with E-state index in [4.69, 9.17) is 4.74 Å². The van der Waals surface area contributed by atoms with Gasteiger partial charge in [-0.25, -0.2) is 8.78 Å². The number of benzene rings is 1. The first-order chi connectivity index (χ1) is 15.5. The smallest absolute Gasteiger partial charge is 0.248 e. The topological polar surface area (TPSA) is 72.3 Å². The largest absolute Gasteiger partial charge is 0.379 e. The van der Waals surface area contributed by atoms with Gasteiger partial charge in [-0.3, -0.25) is 19.4 Å². The van der Waals surface area contributed by atoms with Crippen LogP contribution in [0.15, 0.2) is 49.1 Å². The van der Waals surface area contributed by atoms with E-state index in [1.165, 1.54) is 6.08 Å². The number of aryl methyl sites for hydroxylation is 1. The molecule has 1 saturated heterocycles. The molecule has 0 aliphatic carbocycles. The monoisotopic (exact) mass is 439 g/mol. The summed E-state index contributed by atoms with van der Waals surface area (Å²) in [5, 5.41) is 6.56. The molecule has 3 aromatic rings. The van der Waals surface area contributed by atoms with Gasteiger partial charge in [-0.15, -0.1) is 0 Å². The van der Waals surface area contributed by atoms with Crippen molar-refractivity contribution < 1.29 is 18.3 Å². The van der Waals surface area contributed by atoms with E-state index in [1.54, 1.807) is 29.3 Å². The highest BCUT2D eigenvalue weighted by Crippen LogP contribution is 2.24. The molecule has 32 heavy (non-hydrogen) atoms. The number of nitrogens with one attached hydrogen (secondary N) is 1. The quantitative estimate of drug-likeness (QED) is 0.597. The first-order valence-electron chi connectivity index (χ1n) is 10.2. The van der Waals surface area contributed by atoms with Gasteiger partial charge >= 0.3 is 0 Å². The predicted molar refractivity (Wildman–Crippen MR) is 117 cm³/mol. The highest BCUT2D eigenvalue weighted by atomic mass is 19.1. The van der Waals surface area contributed by atoms with Gasteiger partial charge in [-0.2, -0.15) is 5.10 Å². The van der Waals surface area contributed by atoms with Crippen molar-refractivity contribution in [3.8, 4) is 11.1 Å². The SMILES string of the molecule is Cn1cc(-c2ccncc2C=CC(=O)Nc2cc(F)c(CN3CCOCC3)cc2F)cn1. The minimum Gasteiger partial charge on any atom is -0.379 e. The molecule has 1 aromatic carbocycles. The van der Waals surface area contributed by atoms with Crippen LogP contribution in [0.4, 0.5) is 14.5 Å². The number of hydrogen-bond donors (Lipinski definition) is 1. The number of carbonyl (C=O) groups excluding carboxylic acids is 1. The Morgan fingerprint density at radius 1 is 1.22 bits per heavy atom. The van der Waals surface area contributed by atoms with Crippen LogP contribution in [-0.2, 0) is 23.1 Å². The second-order valence-corrected chi connectivity index (χ2v) is 7.50. The summed E-state index contributed by atoms with van der Waals surface area (Å²) < 4.78 is 36.0. The zero-order valence-electron chi connectivity index (χ0n) is 17.6. The Morgan fingerprint density at radius 2 is 2.03 bits per heavy atom. The van der Waals surface area contributed by atoms with Gasteiger partial charge in [0.2, 0.25) is 5.91 Å². The van der Waals surface area contributed by atoms with Crippen LogP contribution in [0.1, 0.15) is 11.1 Å². The number of hydrogen-bond acceptors (Lipinski definition) is 5. The van der Waals surface area contributed by atoms with Crippen molar-refractivity contribution in [2.45, 2.75) is 6.54 Å². The molecule has 3 heterocycles. The minimum absolute atomic E-state index is 0.207. The number of pyridine rings is 1. The Bertz CT molecular complexity index is 1140. The van der Waals surface area contributed by atoms with Gasteiger partial charge in [-0.1, -0.05) is 0 Å². The van der Waals surface area contributed by atoms with Gasteiger partial charge in [0.25, 0.3) is 0 Å². The van der Waals surface area contributed by atoms with Gasteiger partial charge in [0.15, 0.2) is 0 Å². The number of carbonyl (C=O) groups is 1. The van der Waals surface area contributed by atoms with E-state index in [2.05, 4.69) is 15.4 Å². The van der Waals surface area contributed by atoms with Crippen molar-refractivity contribution in [3.05, 3.63) is 71.8 Å². The number of halogens is 2. The molecule has 7 nitrogen and oxygen atoms in total. The second kappa shape index (κ2) is 9.80. The Kier molecular flexibility index (Phi) is 6.67. The normalized spacial score (nSPS) is 14.7. The highest BCUT2D eigenvalue weighted by Gasteiger charge is 2.16. The summed E-state index contributed by atoms with van der Waals surface area (Å²) in [5.41, 5.74) is 2.46. The molecular formula is C23H23F2N5O2. The van der Waals surface area contributed by atoms with E-state index >= 15 is 0 Å². The number of anilines is 1. The van der Waals surface area contributed by atoms with Crippen molar-refractivity contribution in [2.24, 2.45) is 7.05 Å². The lowest BCUT2D eigenvalue weighted by Crippen LogP contribution is -2.35. The molecule has 0 bridgehead atoms. The maximum Gasteiger partial charge on any atom is 0.248 e. The van der Waals surface area contributed by atoms with Gasteiger partial charge in [-0.05, 0) is 23.8 Å². The second-order valence-electron chi connectivity index (χ2n) is 7.50. The molecule has 1 N–H and O–H groups in total. The summed E-state index contributed by atoms with van der Waals surface area (Å²) in [6, 6.07) is 3.96. The van der Waals surface area contributed by atoms with Crippen molar-refractivity contribution in [1.82, 2.24) is 19.7 Å². The van der Waals surface area contributed by atoms with E-state index in [0.29, 0.717) is 38.4 Å². The molecule has 9 heteroatoms. The number of aromatic nitrogens is 3. The maximum absolute atomic E-state index is 14.5. The lowest BCUT2D eigenvalue weighted by Gasteiger charge is -2.26. The molecule has 2 aromatic heterocycles. The molecular weight excluding hydrogens is 416 g/mol. The van der Waals surface area contributed by atoms with E-state index in [9.17, 15) is 13.6 Å². The number of morpholine rings is 1. The molecule has 1 aliphatic rings. The van der Waals surface area contributed by atoms with Gasteiger partial charge < -0.3 is 10.1 Å². The van der Waals surface area contributed by atoms with Crippen LogP contribution in [0.25, 0.3) is 17.2 Å². The van der Waals surface area contributed by atoms with E-state index in [-0.39, 0.29) is 11.3 Å². The molecule has 166 valence electrons. The lowest BCUT2D eigenvalue weighted by molar-refractivity contribution is -0.111. The minimum atomic E-state index is -0.686. The fourth-order valence-electron chi connectivity index (χ4n) is 3.51. The average Bonchev–Trinajstić information content (AvgIpc) is 3.23. The van der Waals surface area contributed by atoms with Crippen molar-refractivity contribution in [2.75, 3.05) is 31.6 Å². The van der Waals surface area contributed by atoms with Crippen molar-refractivity contribution in [1.29, 1.82) is 0 Å². The number of nitrogens with zero attached hydrogens (tertiary/aromatic N) is 4. The standard InChI is InChI=1S/C23H23F2N5O2/c1-29-14-18(13-27-29)19-4-5-26-12-16(19)2-3-23(31)28-22-11-20(24)17(10-21(22)25)15-30-6-8-32-9-7-30/h2-5,10-14H,6-9,15H2,1H3,(H,28,31). The molecule has 0 atom stereocenters. The summed E-state index contributed by atoms with van der Waals surface area (Å²) >= 11 is 0. The molecule has 0 radical (unpaired) electrons. The fourth-order valence-corrected chi connectivity index (χ4v) is 3.51. The first-order valence-corrected chi connectivity index (χ1v) is 10.2. The third-order valence-electron chi connectivity index (χ3n) is 5.17. The zero-order chi connectivity index (χ0) is 22.5. The van der Waals surface area contributed by atoms with Crippen molar-refractivity contribution >= 4 is 17.7 Å². The molecule has 0 spiro atoms. The van der Waals surface area contributed by atoms with Crippen LogP contribution < -0.4 is 5.32 Å². The van der Waals surface area contributed by atoms with Gasteiger partial charge in [0, 0.05) is 74.1 Å². The Hall–Kier alpha value is -3.43. The van der Waals surface area contributed by atoms with Crippen LogP contribution in [0, 0.1) is 11.6 Å². The van der Waals surface area contributed by atoms with Crippen LogP contribution >= 0.6 is 0 Å². The molecule has 0 saturated carbocycles. The van der Waals surface area contributed by atoms with Gasteiger partial charge in [0.05, 0.1) is 25.1 Å². The van der Waals surface area contributed by atoms with Crippen LogP contribution in [0.3, 0.4) is 0 Å². The van der Waals surface area contributed by atoms with Crippen LogP contribution in [-0.4, -0.2) is 51.9 Å². The van der Waals surface area contributed by atoms with Crippen LogP contribution in [0.2, 0.25) is 0 Å². The summed E-state index contributed by atoms with van der Waals surface area (Å²) in [5.74, 6) is -1.83. The third-order valence-corrected chi connectivity index (χ3v) is 5.17. The van der Waals surface area contributed by atoms with E-state index in [1.807, 2.05) is 24.2 Å². The summed E-state index contributed by atoms with van der Waals surface area (Å²) in [6.45, 7) is 2.77. The number of amides is 1.